The van der Waals surface area contributed by atoms with E-state index in [1.165, 1.54) is 77.3 Å². The standard InChI is InChI=1S/C22H40N4O/c23-22(27)20-12-19(13-24-14-20)17-7-4-8-18(11-17)21-9-10-26(25-21)15-16-5-2-1-3-6-16/h16-21,24-25H,1-15H2,(H2,23,27). The predicted molar refractivity (Wildman–Crippen MR) is 109 cm³/mol. The summed E-state index contributed by atoms with van der Waals surface area (Å²) in [5.41, 5.74) is 9.49. The maximum Gasteiger partial charge on any atom is 0.221 e. The molecule has 5 unspecified atom stereocenters. The van der Waals surface area contributed by atoms with Gasteiger partial charge in [-0.1, -0.05) is 32.1 Å². The summed E-state index contributed by atoms with van der Waals surface area (Å²) >= 11 is 0. The molecule has 2 saturated carbocycles. The van der Waals surface area contributed by atoms with Gasteiger partial charge >= 0.3 is 0 Å². The van der Waals surface area contributed by atoms with Gasteiger partial charge in [-0.05, 0) is 68.7 Å². The number of hydrogen-bond donors (Lipinski definition) is 3. The van der Waals surface area contributed by atoms with Crippen molar-refractivity contribution in [2.24, 2.45) is 35.3 Å². The summed E-state index contributed by atoms with van der Waals surface area (Å²) in [6.45, 7) is 4.35. The highest BCUT2D eigenvalue weighted by atomic mass is 16.1. The van der Waals surface area contributed by atoms with Crippen molar-refractivity contribution >= 4 is 5.91 Å². The smallest absolute Gasteiger partial charge is 0.221 e. The molecule has 2 heterocycles. The molecule has 4 N–H and O–H groups in total. The highest BCUT2D eigenvalue weighted by Gasteiger charge is 2.37. The van der Waals surface area contributed by atoms with Gasteiger partial charge in [0.15, 0.2) is 0 Å². The SMILES string of the molecule is NC(=O)C1CNCC(C2CCCC(C3CCN(CC4CCCCC4)N3)C2)C1. The Labute approximate surface area is 165 Å². The summed E-state index contributed by atoms with van der Waals surface area (Å²) < 4.78 is 0. The third-order valence-electron chi connectivity index (χ3n) is 8.04. The minimum Gasteiger partial charge on any atom is -0.369 e. The van der Waals surface area contributed by atoms with Gasteiger partial charge in [0.2, 0.25) is 5.91 Å². The van der Waals surface area contributed by atoms with Gasteiger partial charge in [0.05, 0.1) is 5.92 Å². The van der Waals surface area contributed by atoms with E-state index in [2.05, 4.69) is 15.8 Å². The number of rotatable bonds is 5. The second kappa shape index (κ2) is 9.23. The number of amides is 1. The number of hydrogen-bond acceptors (Lipinski definition) is 4. The molecule has 0 aromatic carbocycles. The van der Waals surface area contributed by atoms with E-state index >= 15 is 0 Å². The first kappa shape index (κ1) is 19.7. The molecule has 0 aromatic rings. The zero-order valence-corrected chi connectivity index (χ0v) is 17.0. The Bertz CT molecular complexity index is 493. The van der Waals surface area contributed by atoms with Crippen LogP contribution in [-0.4, -0.2) is 43.1 Å². The maximum atomic E-state index is 11.6. The Morgan fingerprint density at radius 3 is 2.52 bits per heavy atom. The third kappa shape index (κ3) is 5.04. The zero-order valence-electron chi connectivity index (χ0n) is 17.0. The van der Waals surface area contributed by atoms with Crippen molar-refractivity contribution in [3.8, 4) is 0 Å². The van der Waals surface area contributed by atoms with Gasteiger partial charge in [-0.2, -0.15) is 0 Å². The number of nitrogens with one attached hydrogen (secondary N) is 2. The van der Waals surface area contributed by atoms with Crippen LogP contribution in [0.1, 0.15) is 70.6 Å². The van der Waals surface area contributed by atoms with Gasteiger partial charge in [0.1, 0.15) is 0 Å². The van der Waals surface area contributed by atoms with Gasteiger partial charge in [-0.3, -0.25) is 10.2 Å². The lowest BCUT2D eigenvalue weighted by Gasteiger charge is -2.40. The molecule has 2 aliphatic heterocycles. The van der Waals surface area contributed by atoms with Crippen LogP contribution in [0.5, 0.6) is 0 Å². The second-order valence-corrected chi connectivity index (χ2v) is 9.91. The number of nitrogens with zero attached hydrogens (tertiary/aromatic N) is 1. The van der Waals surface area contributed by atoms with E-state index in [9.17, 15) is 4.79 Å². The van der Waals surface area contributed by atoms with E-state index in [-0.39, 0.29) is 11.8 Å². The fourth-order valence-corrected chi connectivity index (χ4v) is 6.44. The van der Waals surface area contributed by atoms with Gasteiger partial charge in [-0.25, -0.2) is 5.01 Å². The van der Waals surface area contributed by atoms with Gasteiger partial charge in [-0.15, -0.1) is 0 Å². The summed E-state index contributed by atoms with van der Waals surface area (Å²) in [5.74, 6) is 3.07. The number of carbonyl (C=O) groups excluding carboxylic acids is 1. The van der Waals surface area contributed by atoms with Crippen molar-refractivity contribution in [1.82, 2.24) is 15.8 Å². The van der Waals surface area contributed by atoms with Crippen molar-refractivity contribution in [2.45, 2.75) is 76.7 Å². The summed E-state index contributed by atoms with van der Waals surface area (Å²) in [7, 11) is 0. The molecule has 0 aromatic heterocycles. The van der Waals surface area contributed by atoms with Crippen LogP contribution >= 0.6 is 0 Å². The molecule has 0 radical (unpaired) electrons. The highest BCUT2D eigenvalue weighted by molar-refractivity contribution is 5.77. The minimum atomic E-state index is -0.115. The summed E-state index contributed by atoms with van der Waals surface area (Å²) in [6, 6.07) is 0.680. The van der Waals surface area contributed by atoms with Crippen LogP contribution in [0, 0.1) is 29.6 Å². The summed E-state index contributed by atoms with van der Waals surface area (Å²) in [4.78, 5) is 11.6. The molecule has 0 spiro atoms. The van der Waals surface area contributed by atoms with E-state index in [1.54, 1.807) is 0 Å². The highest BCUT2D eigenvalue weighted by Crippen LogP contribution is 2.40. The first-order chi connectivity index (χ1) is 13.2. The van der Waals surface area contributed by atoms with Gasteiger partial charge < -0.3 is 11.1 Å². The lowest BCUT2D eigenvalue weighted by atomic mass is 9.69. The number of carbonyl (C=O) groups is 1. The molecule has 5 heteroatoms. The van der Waals surface area contributed by atoms with Crippen LogP contribution < -0.4 is 16.5 Å². The zero-order chi connectivity index (χ0) is 18.6. The molecule has 5 atom stereocenters. The molecule has 2 aliphatic carbocycles. The lowest BCUT2D eigenvalue weighted by molar-refractivity contribution is -0.123. The van der Waals surface area contributed by atoms with Crippen LogP contribution in [0.25, 0.3) is 0 Å². The molecule has 4 rings (SSSR count). The van der Waals surface area contributed by atoms with E-state index in [0.717, 1.165) is 37.3 Å². The number of piperidine rings is 1. The molecule has 4 aliphatic rings. The quantitative estimate of drug-likeness (QED) is 0.690. The lowest BCUT2D eigenvalue weighted by Crippen LogP contribution is -2.46. The third-order valence-corrected chi connectivity index (χ3v) is 8.04. The van der Waals surface area contributed by atoms with E-state index in [4.69, 9.17) is 5.73 Å². The molecule has 27 heavy (non-hydrogen) atoms. The Morgan fingerprint density at radius 2 is 1.70 bits per heavy atom. The maximum absolute atomic E-state index is 11.6. The summed E-state index contributed by atoms with van der Waals surface area (Å²) in [5, 5.41) is 6.03. The largest absolute Gasteiger partial charge is 0.369 e. The van der Waals surface area contributed by atoms with Crippen LogP contribution in [0.4, 0.5) is 0 Å². The number of nitrogens with two attached hydrogens (primary N) is 1. The Balaban J connectivity index is 1.26. The van der Waals surface area contributed by atoms with Crippen LogP contribution in [-0.2, 0) is 4.79 Å². The molecule has 0 bridgehead atoms. The Hall–Kier alpha value is -0.650. The van der Waals surface area contributed by atoms with Crippen LogP contribution in [0.3, 0.4) is 0 Å². The number of primary amides is 1. The van der Waals surface area contributed by atoms with Crippen LogP contribution in [0.2, 0.25) is 0 Å². The Morgan fingerprint density at radius 1 is 0.889 bits per heavy atom. The first-order valence-corrected chi connectivity index (χ1v) is 11.7. The van der Waals surface area contributed by atoms with E-state index in [0.29, 0.717) is 12.0 Å². The molecular weight excluding hydrogens is 336 g/mol. The predicted octanol–water partition coefficient (Wildman–Crippen LogP) is 2.66. The summed E-state index contributed by atoms with van der Waals surface area (Å²) in [6.07, 6.45) is 14.9. The van der Waals surface area contributed by atoms with Crippen molar-refractivity contribution in [2.75, 3.05) is 26.2 Å². The number of hydrazine groups is 1. The normalized spacial score (nSPS) is 39.5. The molecule has 2 saturated heterocycles. The van der Waals surface area contributed by atoms with Crippen LogP contribution in [0.15, 0.2) is 0 Å². The van der Waals surface area contributed by atoms with Crippen molar-refractivity contribution in [3.05, 3.63) is 0 Å². The van der Waals surface area contributed by atoms with Crippen molar-refractivity contribution in [1.29, 1.82) is 0 Å². The Kier molecular flexibility index (Phi) is 6.72. The van der Waals surface area contributed by atoms with E-state index < -0.39 is 0 Å². The van der Waals surface area contributed by atoms with Gasteiger partial charge in [0, 0.05) is 25.7 Å². The average Bonchev–Trinajstić information content (AvgIpc) is 3.17. The first-order valence-electron chi connectivity index (χ1n) is 11.7. The molecule has 5 nitrogen and oxygen atoms in total. The minimum absolute atomic E-state index is 0.0414. The molecule has 154 valence electrons. The fourth-order valence-electron chi connectivity index (χ4n) is 6.44. The van der Waals surface area contributed by atoms with Crippen molar-refractivity contribution < 1.29 is 4.79 Å². The monoisotopic (exact) mass is 376 g/mol. The molecule has 1 amide bonds. The van der Waals surface area contributed by atoms with Gasteiger partial charge in [0.25, 0.3) is 0 Å². The second-order valence-electron chi connectivity index (χ2n) is 9.91. The van der Waals surface area contributed by atoms with E-state index in [1.807, 2.05) is 0 Å². The average molecular weight is 377 g/mol. The van der Waals surface area contributed by atoms with Crippen molar-refractivity contribution in [3.63, 3.8) is 0 Å². The molecule has 4 fully saturated rings. The topological polar surface area (TPSA) is 70.4 Å². The molecular formula is C22H40N4O. The fraction of sp³-hybridized carbons (Fsp3) is 0.955.